The third-order valence-electron chi connectivity index (χ3n) is 2.38. The highest BCUT2D eigenvalue weighted by Gasteiger charge is 2.28. The van der Waals surface area contributed by atoms with Gasteiger partial charge in [0.15, 0.2) is 0 Å². The molecule has 0 saturated heterocycles. The quantitative estimate of drug-likeness (QED) is 0.615. The van der Waals surface area contributed by atoms with Gasteiger partial charge in [0, 0.05) is 31.4 Å². The molecule has 1 fully saturated rings. The number of rotatable bonds is 6. The van der Waals surface area contributed by atoms with Gasteiger partial charge in [-0.1, -0.05) is 6.92 Å². The first-order valence-corrected chi connectivity index (χ1v) is 5.48. The van der Waals surface area contributed by atoms with Crippen LogP contribution in [0.15, 0.2) is 0 Å². The standard InChI is InChI=1S/C10H17ClN2/c1-9(7-11)8-13(6-2-5-12)10-3-4-10/h9-10H,2-4,6-8H2,1H3. The lowest BCUT2D eigenvalue weighted by atomic mass is 10.2. The zero-order valence-electron chi connectivity index (χ0n) is 8.17. The van der Waals surface area contributed by atoms with Crippen molar-refractivity contribution in [1.29, 1.82) is 5.26 Å². The van der Waals surface area contributed by atoms with Crippen LogP contribution in [0.4, 0.5) is 0 Å². The molecule has 0 N–H and O–H groups in total. The summed E-state index contributed by atoms with van der Waals surface area (Å²) in [5.41, 5.74) is 0. The fraction of sp³-hybridized carbons (Fsp3) is 0.900. The molecule has 0 heterocycles. The van der Waals surface area contributed by atoms with Crippen molar-refractivity contribution in [2.24, 2.45) is 5.92 Å². The second kappa shape index (κ2) is 5.47. The average molecular weight is 201 g/mol. The van der Waals surface area contributed by atoms with Crippen molar-refractivity contribution in [2.45, 2.75) is 32.2 Å². The number of hydrogen-bond acceptors (Lipinski definition) is 2. The molecule has 0 amide bonds. The lowest BCUT2D eigenvalue weighted by Crippen LogP contribution is -2.32. The summed E-state index contributed by atoms with van der Waals surface area (Å²) in [6.45, 7) is 4.13. The van der Waals surface area contributed by atoms with Crippen molar-refractivity contribution in [3.05, 3.63) is 0 Å². The maximum Gasteiger partial charge on any atom is 0.0635 e. The zero-order chi connectivity index (χ0) is 9.68. The van der Waals surface area contributed by atoms with Gasteiger partial charge in [0.2, 0.25) is 0 Å². The minimum Gasteiger partial charge on any atom is -0.299 e. The molecule has 2 nitrogen and oxygen atoms in total. The highest BCUT2D eigenvalue weighted by molar-refractivity contribution is 6.18. The third kappa shape index (κ3) is 3.97. The molecule has 1 aliphatic rings. The van der Waals surface area contributed by atoms with Crippen LogP contribution in [0.2, 0.25) is 0 Å². The summed E-state index contributed by atoms with van der Waals surface area (Å²) in [7, 11) is 0. The number of nitriles is 1. The predicted octanol–water partition coefficient (Wildman–Crippen LogP) is 2.24. The molecule has 13 heavy (non-hydrogen) atoms. The molecule has 0 aromatic rings. The van der Waals surface area contributed by atoms with Crippen LogP contribution < -0.4 is 0 Å². The Hall–Kier alpha value is -0.260. The molecular formula is C10H17ClN2. The van der Waals surface area contributed by atoms with Crippen molar-refractivity contribution >= 4 is 11.6 Å². The van der Waals surface area contributed by atoms with Crippen molar-refractivity contribution in [2.75, 3.05) is 19.0 Å². The van der Waals surface area contributed by atoms with Crippen LogP contribution in [0.3, 0.4) is 0 Å². The lowest BCUT2D eigenvalue weighted by molar-refractivity contribution is 0.241. The van der Waals surface area contributed by atoms with E-state index in [0.29, 0.717) is 12.3 Å². The molecule has 0 aromatic carbocycles. The van der Waals surface area contributed by atoms with E-state index in [-0.39, 0.29) is 0 Å². The van der Waals surface area contributed by atoms with E-state index in [1.54, 1.807) is 0 Å². The molecule has 0 bridgehead atoms. The molecule has 3 heteroatoms. The number of alkyl halides is 1. The molecule has 1 saturated carbocycles. The van der Waals surface area contributed by atoms with Gasteiger partial charge in [-0.25, -0.2) is 0 Å². The number of hydrogen-bond donors (Lipinski definition) is 0. The molecule has 0 aliphatic heterocycles. The number of halogens is 1. The van der Waals surface area contributed by atoms with E-state index >= 15 is 0 Å². The summed E-state index contributed by atoms with van der Waals surface area (Å²) in [6.07, 6.45) is 3.26. The Morgan fingerprint density at radius 3 is 2.77 bits per heavy atom. The van der Waals surface area contributed by atoms with Crippen molar-refractivity contribution in [3.8, 4) is 6.07 Å². The molecule has 1 atom stereocenters. The van der Waals surface area contributed by atoms with Crippen molar-refractivity contribution in [1.82, 2.24) is 4.90 Å². The van der Waals surface area contributed by atoms with E-state index in [0.717, 1.165) is 25.0 Å². The summed E-state index contributed by atoms with van der Waals surface area (Å²) in [4.78, 5) is 2.41. The van der Waals surface area contributed by atoms with E-state index in [2.05, 4.69) is 17.9 Å². The number of nitrogens with zero attached hydrogens (tertiary/aromatic N) is 2. The fourth-order valence-electron chi connectivity index (χ4n) is 1.51. The maximum absolute atomic E-state index is 8.51. The van der Waals surface area contributed by atoms with E-state index < -0.39 is 0 Å². The van der Waals surface area contributed by atoms with Crippen LogP contribution in [-0.4, -0.2) is 29.9 Å². The van der Waals surface area contributed by atoms with E-state index in [9.17, 15) is 0 Å². The topological polar surface area (TPSA) is 27.0 Å². The minimum atomic E-state index is 0.543. The Morgan fingerprint density at radius 1 is 1.62 bits per heavy atom. The van der Waals surface area contributed by atoms with Crippen LogP contribution >= 0.6 is 11.6 Å². The lowest BCUT2D eigenvalue weighted by Gasteiger charge is -2.23. The molecule has 1 rings (SSSR count). The Bertz CT molecular complexity index is 184. The minimum absolute atomic E-state index is 0.543. The van der Waals surface area contributed by atoms with Gasteiger partial charge in [0.05, 0.1) is 6.07 Å². The van der Waals surface area contributed by atoms with Crippen molar-refractivity contribution in [3.63, 3.8) is 0 Å². The molecule has 1 aliphatic carbocycles. The van der Waals surface area contributed by atoms with Gasteiger partial charge in [-0.3, -0.25) is 4.90 Å². The average Bonchev–Trinajstić information content (AvgIpc) is 2.94. The first kappa shape index (κ1) is 10.8. The van der Waals surface area contributed by atoms with Crippen molar-refractivity contribution < 1.29 is 0 Å². The Labute approximate surface area is 85.5 Å². The van der Waals surface area contributed by atoms with Gasteiger partial charge in [0.25, 0.3) is 0 Å². The summed E-state index contributed by atoms with van der Waals surface area (Å²) in [5, 5.41) is 8.51. The summed E-state index contributed by atoms with van der Waals surface area (Å²) in [5.74, 6) is 1.26. The van der Waals surface area contributed by atoms with Gasteiger partial charge in [-0.05, 0) is 18.8 Å². The zero-order valence-corrected chi connectivity index (χ0v) is 8.93. The van der Waals surface area contributed by atoms with E-state index in [1.807, 2.05) is 0 Å². The summed E-state index contributed by atoms with van der Waals surface area (Å²) in [6, 6.07) is 2.95. The predicted molar refractivity (Wildman–Crippen MR) is 54.7 cm³/mol. The largest absolute Gasteiger partial charge is 0.299 e. The van der Waals surface area contributed by atoms with Gasteiger partial charge in [0.1, 0.15) is 0 Å². The highest BCUT2D eigenvalue weighted by Crippen LogP contribution is 2.27. The fourth-order valence-corrected chi connectivity index (χ4v) is 1.60. The van der Waals surface area contributed by atoms with Crippen LogP contribution in [0.5, 0.6) is 0 Å². The molecule has 0 aromatic heterocycles. The smallest absolute Gasteiger partial charge is 0.0635 e. The SMILES string of the molecule is CC(CCl)CN(CCC#N)C1CC1. The van der Waals surface area contributed by atoms with Gasteiger partial charge >= 0.3 is 0 Å². The molecule has 74 valence electrons. The first-order chi connectivity index (χ1) is 6.27. The normalized spacial score (nSPS) is 18.6. The van der Waals surface area contributed by atoms with Crippen LogP contribution in [0, 0.1) is 17.2 Å². The molecule has 1 unspecified atom stereocenters. The highest BCUT2D eigenvalue weighted by atomic mass is 35.5. The van der Waals surface area contributed by atoms with Crippen LogP contribution in [0.1, 0.15) is 26.2 Å². The first-order valence-electron chi connectivity index (χ1n) is 4.95. The molecule has 0 spiro atoms. The van der Waals surface area contributed by atoms with Gasteiger partial charge in [-0.2, -0.15) is 5.26 Å². The second-order valence-corrected chi connectivity index (χ2v) is 4.20. The van der Waals surface area contributed by atoms with Crippen LogP contribution in [-0.2, 0) is 0 Å². The van der Waals surface area contributed by atoms with Gasteiger partial charge < -0.3 is 0 Å². The van der Waals surface area contributed by atoms with E-state index in [4.69, 9.17) is 16.9 Å². The summed E-state index contributed by atoms with van der Waals surface area (Å²) < 4.78 is 0. The molecular weight excluding hydrogens is 184 g/mol. The van der Waals surface area contributed by atoms with E-state index in [1.165, 1.54) is 12.8 Å². The Balaban J connectivity index is 2.25. The monoisotopic (exact) mass is 200 g/mol. The Kier molecular flexibility index (Phi) is 4.55. The van der Waals surface area contributed by atoms with Crippen LogP contribution in [0.25, 0.3) is 0 Å². The molecule has 0 radical (unpaired) electrons. The summed E-state index contributed by atoms with van der Waals surface area (Å²) >= 11 is 5.76. The maximum atomic E-state index is 8.51. The second-order valence-electron chi connectivity index (χ2n) is 3.89. The third-order valence-corrected chi connectivity index (χ3v) is 2.91. The van der Waals surface area contributed by atoms with Gasteiger partial charge in [-0.15, -0.1) is 11.6 Å². The Morgan fingerprint density at radius 2 is 2.31 bits per heavy atom.